The number of hydrogen-bond acceptors (Lipinski definition) is 2. The van der Waals surface area contributed by atoms with E-state index in [1.54, 1.807) is 0 Å². The summed E-state index contributed by atoms with van der Waals surface area (Å²) < 4.78 is 0. The first kappa shape index (κ1) is 13.9. The average Bonchev–Trinajstić information content (AvgIpc) is 3.24. The van der Waals surface area contributed by atoms with E-state index in [0.29, 0.717) is 17.9 Å². The summed E-state index contributed by atoms with van der Waals surface area (Å²) >= 11 is 5.96. The molecule has 1 amide bonds. The third-order valence-corrected chi connectivity index (χ3v) is 4.83. The highest BCUT2D eigenvalue weighted by atomic mass is 35.5. The van der Waals surface area contributed by atoms with Gasteiger partial charge in [-0.2, -0.15) is 0 Å². The third kappa shape index (κ3) is 3.15. The normalized spacial score (nSPS) is 24.9. The molecule has 0 aromatic heterocycles. The van der Waals surface area contributed by atoms with Crippen LogP contribution in [0.25, 0.3) is 0 Å². The molecule has 1 heterocycles. The SMILES string of the molecule is O=C1CC[C@H](NCC2(c3ccc(Cl)cc3)CC2)CCN1. The Morgan fingerprint density at radius 1 is 1.25 bits per heavy atom. The van der Waals surface area contributed by atoms with Gasteiger partial charge < -0.3 is 10.6 Å². The minimum Gasteiger partial charge on any atom is -0.356 e. The standard InChI is InChI=1S/C16H21ClN2O/c17-13-3-1-12(2-4-13)16(8-9-16)11-19-14-5-6-15(20)18-10-7-14/h1-4,14,19H,5-11H2,(H,18,20)/t14-/m0/s1. The maximum Gasteiger partial charge on any atom is 0.220 e. The Labute approximate surface area is 125 Å². The molecule has 4 heteroatoms. The molecule has 1 aromatic carbocycles. The number of benzene rings is 1. The van der Waals surface area contributed by atoms with Crippen LogP contribution in [0.5, 0.6) is 0 Å². The number of carbonyl (C=O) groups is 1. The maximum absolute atomic E-state index is 11.3. The van der Waals surface area contributed by atoms with Gasteiger partial charge in [-0.15, -0.1) is 0 Å². The van der Waals surface area contributed by atoms with Crippen LogP contribution in [0.4, 0.5) is 0 Å². The molecule has 0 unspecified atom stereocenters. The molecule has 1 aromatic rings. The van der Waals surface area contributed by atoms with Crippen molar-refractivity contribution in [1.82, 2.24) is 10.6 Å². The van der Waals surface area contributed by atoms with Gasteiger partial charge in [0.25, 0.3) is 0 Å². The molecular weight excluding hydrogens is 272 g/mol. The lowest BCUT2D eigenvalue weighted by Crippen LogP contribution is -2.36. The largest absolute Gasteiger partial charge is 0.356 e. The lowest BCUT2D eigenvalue weighted by molar-refractivity contribution is -0.120. The number of halogens is 1. The van der Waals surface area contributed by atoms with Gasteiger partial charge in [-0.3, -0.25) is 4.79 Å². The summed E-state index contributed by atoms with van der Waals surface area (Å²) in [6, 6.07) is 8.71. The number of amides is 1. The number of hydrogen-bond donors (Lipinski definition) is 2. The van der Waals surface area contributed by atoms with Crippen molar-refractivity contribution in [2.75, 3.05) is 13.1 Å². The molecule has 0 bridgehead atoms. The molecular formula is C16H21ClN2O. The van der Waals surface area contributed by atoms with Crippen molar-refractivity contribution in [3.63, 3.8) is 0 Å². The van der Waals surface area contributed by atoms with Crippen LogP contribution in [0.2, 0.25) is 5.02 Å². The molecule has 1 aliphatic heterocycles. The zero-order valence-electron chi connectivity index (χ0n) is 11.6. The van der Waals surface area contributed by atoms with Crippen LogP contribution in [-0.4, -0.2) is 25.0 Å². The second-order valence-electron chi connectivity index (χ2n) is 6.04. The van der Waals surface area contributed by atoms with Gasteiger partial charge in [0.15, 0.2) is 0 Å². The summed E-state index contributed by atoms with van der Waals surface area (Å²) in [5.41, 5.74) is 1.69. The van der Waals surface area contributed by atoms with Crippen molar-refractivity contribution in [2.45, 2.75) is 43.6 Å². The Bertz CT molecular complexity index is 482. The fourth-order valence-corrected chi connectivity index (χ4v) is 3.12. The Balaban J connectivity index is 1.57. The van der Waals surface area contributed by atoms with Gasteiger partial charge in [-0.05, 0) is 43.4 Å². The van der Waals surface area contributed by atoms with Crippen LogP contribution in [0.15, 0.2) is 24.3 Å². The van der Waals surface area contributed by atoms with Crippen LogP contribution in [-0.2, 0) is 10.2 Å². The van der Waals surface area contributed by atoms with Crippen molar-refractivity contribution in [3.8, 4) is 0 Å². The molecule has 20 heavy (non-hydrogen) atoms. The van der Waals surface area contributed by atoms with Crippen molar-refractivity contribution in [1.29, 1.82) is 0 Å². The van der Waals surface area contributed by atoms with Gasteiger partial charge >= 0.3 is 0 Å². The smallest absolute Gasteiger partial charge is 0.220 e. The quantitative estimate of drug-likeness (QED) is 0.896. The Kier molecular flexibility index (Phi) is 3.99. The molecule has 1 atom stereocenters. The fourth-order valence-electron chi connectivity index (χ4n) is 2.99. The van der Waals surface area contributed by atoms with Crippen molar-refractivity contribution in [2.24, 2.45) is 0 Å². The van der Waals surface area contributed by atoms with Gasteiger partial charge in [-0.1, -0.05) is 23.7 Å². The van der Waals surface area contributed by atoms with E-state index >= 15 is 0 Å². The zero-order valence-corrected chi connectivity index (χ0v) is 12.4. The second kappa shape index (κ2) is 5.74. The molecule has 0 radical (unpaired) electrons. The van der Waals surface area contributed by atoms with E-state index in [0.717, 1.165) is 31.0 Å². The topological polar surface area (TPSA) is 41.1 Å². The van der Waals surface area contributed by atoms with Gasteiger partial charge in [0, 0.05) is 36.0 Å². The predicted octanol–water partition coefficient (Wildman–Crippen LogP) is 2.63. The van der Waals surface area contributed by atoms with E-state index in [4.69, 9.17) is 11.6 Å². The molecule has 0 spiro atoms. The Morgan fingerprint density at radius 3 is 2.70 bits per heavy atom. The summed E-state index contributed by atoms with van der Waals surface area (Å²) in [4.78, 5) is 11.3. The fraction of sp³-hybridized carbons (Fsp3) is 0.562. The summed E-state index contributed by atoms with van der Waals surface area (Å²) in [6.07, 6.45) is 5.10. The first-order valence-electron chi connectivity index (χ1n) is 7.44. The van der Waals surface area contributed by atoms with Crippen LogP contribution < -0.4 is 10.6 Å². The highest BCUT2D eigenvalue weighted by Gasteiger charge is 2.44. The molecule has 1 saturated heterocycles. The van der Waals surface area contributed by atoms with Crippen LogP contribution in [0.3, 0.4) is 0 Å². The lowest BCUT2D eigenvalue weighted by Gasteiger charge is -2.22. The minimum absolute atomic E-state index is 0.188. The zero-order chi connectivity index (χ0) is 14.0. The summed E-state index contributed by atoms with van der Waals surface area (Å²) in [6.45, 7) is 1.80. The van der Waals surface area contributed by atoms with Gasteiger partial charge in [0.1, 0.15) is 0 Å². The van der Waals surface area contributed by atoms with E-state index in [1.807, 2.05) is 12.1 Å². The monoisotopic (exact) mass is 292 g/mol. The first-order valence-corrected chi connectivity index (χ1v) is 7.82. The van der Waals surface area contributed by atoms with E-state index in [-0.39, 0.29) is 5.91 Å². The highest BCUT2D eigenvalue weighted by molar-refractivity contribution is 6.30. The van der Waals surface area contributed by atoms with E-state index < -0.39 is 0 Å². The summed E-state index contributed by atoms with van der Waals surface area (Å²) in [5.74, 6) is 0.188. The Hall–Kier alpha value is -1.06. The Morgan fingerprint density at radius 2 is 2.00 bits per heavy atom. The molecule has 2 aliphatic rings. The van der Waals surface area contributed by atoms with Crippen LogP contribution in [0, 0.1) is 0 Å². The second-order valence-corrected chi connectivity index (χ2v) is 6.48. The minimum atomic E-state index is 0.188. The third-order valence-electron chi connectivity index (χ3n) is 4.57. The van der Waals surface area contributed by atoms with E-state index in [2.05, 4.69) is 22.8 Å². The molecule has 3 nitrogen and oxygen atoms in total. The first-order chi connectivity index (χ1) is 9.68. The molecule has 1 aliphatic carbocycles. The van der Waals surface area contributed by atoms with Crippen LogP contribution in [0.1, 0.15) is 37.7 Å². The van der Waals surface area contributed by atoms with Crippen LogP contribution >= 0.6 is 11.6 Å². The molecule has 3 rings (SSSR count). The molecule has 1 saturated carbocycles. The van der Waals surface area contributed by atoms with Gasteiger partial charge in [-0.25, -0.2) is 0 Å². The predicted molar refractivity (Wildman–Crippen MR) is 81.0 cm³/mol. The summed E-state index contributed by atoms with van der Waals surface area (Å²) in [5, 5.41) is 7.40. The molecule has 108 valence electrons. The highest BCUT2D eigenvalue weighted by Crippen LogP contribution is 2.47. The van der Waals surface area contributed by atoms with Gasteiger partial charge in [0.2, 0.25) is 5.91 Å². The lowest BCUT2D eigenvalue weighted by atomic mass is 9.95. The van der Waals surface area contributed by atoms with E-state index in [9.17, 15) is 4.79 Å². The molecule has 2 N–H and O–H groups in total. The van der Waals surface area contributed by atoms with Crippen molar-refractivity contribution in [3.05, 3.63) is 34.9 Å². The number of nitrogens with one attached hydrogen (secondary N) is 2. The van der Waals surface area contributed by atoms with E-state index in [1.165, 1.54) is 18.4 Å². The van der Waals surface area contributed by atoms with Gasteiger partial charge in [0.05, 0.1) is 0 Å². The van der Waals surface area contributed by atoms with Crippen molar-refractivity contribution >= 4 is 17.5 Å². The van der Waals surface area contributed by atoms with Crippen molar-refractivity contribution < 1.29 is 4.79 Å². The summed E-state index contributed by atoms with van der Waals surface area (Å²) in [7, 11) is 0. The maximum atomic E-state index is 11.3. The number of rotatable bonds is 4. The molecule has 2 fully saturated rings. The average molecular weight is 293 g/mol. The number of carbonyl (C=O) groups excluding carboxylic acids is 1.